The van der Waals surface area contributed by atoms with Gasteiger partial charge in [0.05, 0.1) is 6.20 Å². The van der Waals surface area contributed by atoms with Crippen LogP contribution in [0.25, 0.3) is 0 Å². The molecule has 0 saturated carbocycles. The van der Waals surface area contributed by atoms with E-state index < -0.39 is 5.97 Å². The largest absolute Gasteiger partial charge is 0.476 e. The number of carbonyl (C=O) groups is 2. The van der Waals surface area contributed by atoms with Gasteiger partial charge in [0.2, 0.25) is 5.91 Å². The van der Waals surface area contributed by atoms with Gasteiger partial charge in [-0.3, -0.25) is 4.79 Å². The van der Waals surface area contributed by atoms with Gasteiger partial charge in [0.25, 0.3) is 0 Å². The minimum Gasteiger partial charge on any atom is -0.476 e. The molecule has 0 saturated heterocycles. The number of aromatic carboxylic acids is 1. The molecule has 2 aromatic rings. The number of carboxylic acids is 1. The maximum Gasteiger partial charge on any atom is 0.358 e. The van der Waals surface area contributed by atoms with Crippen LogP contribution in [0.3, 0.4) is 0 Å². The highest BCUT2D eigenvalue weighted by molar-refractivity contribution is 6.31. The first-order chi connectivity index (χ1) is 9.47. The van der Waals surface area contributed by atoms with Gasteiger partial charge in [0.1, 0.15) is 6.54 Å². The van der Waals surface area contributed by atoms with Crippen molar-refractivity contribution in [2.24, 2.45) is 0 Å². The number of rotatable bonds is 4. The Morgan fingerprint density at radius 3 is 2.85 bits per heavy atom. The zero-order valence-corrected chi connectivity index (χ0v) is 11.3. The van der Waals surface area contributed by atoms with Gasteiger partial charge in [0, 0.05) is 10.7 Å². The summed E-state index contributed by atoms with van der Waals surface area (Å²) in [4.78, 5) is 22.5. The van der Waals surface area contributed by atoms with Gasteiger partial charge in [-0.25, -0.2) is 9.48 Å². The number of amides is 1. The zero-order chi connectivity index (χ0) is 14.7. The number of aromatic nitrogens is 3. The Hall–Kier alpha value is -2.41. The van der Waals surface area contributed by atoms with Crippen LogP contribution in [0.5, 0.6) is 0 Å². The third-order valence-electron chi connectivity index (χ3n) is 2.61. The van der Waals surface area contributed by atoms with Crippen molar-refractivity contribution in [3.63, 3.8) is 0 Å². The third-order valence-corrected chi connectivity index (χ3v) is 3.01. The van der Waals surface area contributed by atoms with E-state index in [9.17, 15) is 9.59 Å². The van der Waals surface area contributed by atoms with Crippen molar-refractivity contribution in [3.05, 3.63) is 40.7 Å². The van der Waals surface area contributed by atoms with Crippen LogP contribution in [0.4, 0.5) is 5.69 Å². The van der Waals surface area contributed by atoms with Crippen LogP contribution in [-0.2, 0) is 11.3 Å². The molecule has 104 valence electrons. The lowest BCUT2D eigenvalue weighted by molar-refractivity contribution is -0.116. The van der Waals surface area contributed by atoms with Crippen LogP contribution in [-0.4, -0.2) is 32.0 Å². The van der Waals surface area contributed by atoms with Crippen molar-refractivity contribution >= 4 is 29.2 Å². The maximum absolute atomic E-state index is 11.8. The molecule has 8 heteroatoms. The van der Waals surface area contributed by atoms with Crippen LogP contribution in [0, 0.1) is 6.92 Å². The van der Waals surface area contributed by atoms with Crippen molar-refractivity contribution in [2.75, 3.05) is 5.32 Å². The summed E-state index contributed by atoms with van der Waals surface area (Å²) in [5.41, 5.74) is 1.14. The third kappa shape index (κ3) is 3.12. The second-order valence-corrected chi connectivity index (χ2v) is 4.47. The van der Waals surface area contributed by atoms with E-state index in [0.29, 0.717) is 10.7 Å². The Morgan fingerprint density at radius 2 is 2.20 bits per heavy atom. The number of nitrogens with zero attached hydrogens (tertiary/aromatic N) is 3. The quantitative estimate of drug-likeness (QED) is 0.892. The summed E-state index contributed by atoms with van der Waals surface area (Å²) in [7, 11) is 0. The van der Waals surface area contributed by atoms with Gasteiger partial charge in [-0.05, 0) is 24.6 Å². The van der Waals surface area contributed by atoms with Crippen LogP contribution < -0.4 is 5.32 Å². The molecular formula is C12H11ClN4O3. The molecule has 1 aromatic heterocycles. The number of carboxylic acid groups (broad SMARTS) is 1. The molecule has 1 aromatic carbocycles. The molecule has 1 heterocycles. The molecule has 1 amide bonds. The number of benzene rings is 1. The lowest BCUT2D eigenvalue weighted by Crippen LogP contribution is -2.19. The van der Waals surface area contributed by atoms with Gasteiger partial charge in [-0.15, -0.1) is 5.10 Å². The minimum atomic E-state index is -1.19. The Kier molecular flexibility index (Phi) is 3.99. The number of nitrogens with one attached hydrogen (secondary N) is 1. The fourth-order valence-electron chi connectivity index (χ4n) is 1.55. The normalized spacial score (nSPS) is 10.3. The zero-order valence-electron chi connectivity index (χ0n) is 10.5. The van der Waals surface area contributed by atoms with Crippen LogP contribution in [0.2, 0.25) is 5.02 Å². The topological polar surface area (TPSA) is 97.1 Å². The summed E-state index contributed by atoms with van der Waals surface area (Å²) in [5, 5.41) is 18.9. The fourth-order valence-corrected chi connectivity index (χ4v) is 1.73. The molecule has 0 bridgehead atoms. The van der Waals surface area contributed by atoms with E-state index in [2.05, 4.69) is 15.6 Å². The fraction of sp³-hybridized carbons (Fsp3) is 0.167. The van der Waals surface area contributed by atoms with Crippen LogP contribution >= 0.6 is 11.6 Å². The minimum absolute atomic E-state index is 0.133. The predicted molar refractivity (Wildman–Crippen MR) is 71.8 cm³/mol. The molecule has 0 radical (unpaired) electrons. The van der Waals surface area contributed by atoms with Gasteiger partial charge in [-0.1, -0.05) is 22.9 Å². The highest BCUT2D eigenvalue weighted by atomic mass is 35.5. The first-order valence-electron chi connectivity index (χ1n) is 5.66. The van der Waals surface area contributed by atoms with E-state index in [0.717, 1.165) is 10.2 Å². The van der Waals surface area contributed by atoms with Crippen molar-refractivity contribution in [1.29, 1.82) is 0 Å². The lowest BCUT2D eigenvalue weighted by Gasteiger charge is -2.09. The number of hydrogen-bond donors (Lipinski definition) is 2. The SMILES string of the molecule is Cc1c(Cl)cccc1NC(=O)Cn1cc(C(=O)O)nn1. The van der Waals surface area contributed by atoms with E-state index in [1.54, 1.807) is 25.1 Å². The Balaban J connectivity index is 2.05. The monoisotopic (exact) mass is 294 g/mol. The summed E-state index contributed by atoms with van der Waals surface area (Å²) in [6.07, 6.45) is 1.19. The van der Waals surface area contributed by atoms with E-state index in [1.165, 1.54) is 6.20 Å². The number of carbonyl (C=O) groups excluding carboxylic acids is 1. The van der Waals surface area contributed by atoms with E-state index in [-0.39, 0.29) is 18.1 Å². The predicted octanol–water partition coefficient (Wildman–Crippen LogP) is 1.58. The number of hydrogen-bond acceptors (Lipinski definition) is 4. The molecule has 2 N–H and O–H groups in total. The lowest BCUT2D eigenvalue weighted by atomic mass is 10.2. The molecule has 20 heavy (non-hydrogen) atoms. The molecule has 0 spiro atoms. The Bertz CT molecular complexity index is 668. The summed E-state index contributed by atoms with van der Waals surface area (Å²) in [6, 6.07) is 5.18. The molecule has 0 unspecified atom stereocenters. The standard InChI is InChI=1S/C12H11ClN4O3/c1-7-8(13)3-2-4-9(7)14-11(18)6-17-5-10(12(19)20)15-16-17/h2-5H,6H2,1H3,(H,14,18)(H,19,20). The summed E-state index contributed by atoms with van der Waals surface area (Å²) in [6.45, 7) is 1.65. The van der Waals surface area contributed by atoms with Crippen LogP contribution in [0.15, 0.2) is 24.4 Å². The molecule has 0 aliphatic heterocycles. The summed E-state index contributed by atoms with van der Waals surface area (Å²) in [5.74, 6) is -1.54. The molecule has 0 aliphatic rings. The van der Waals surface area contributed by atoms with Gasteiger partial charge in [-0.2, -0.15) is 0 Å². The van der Waals surface area contributed by atoms with E-state index in [4.69, 9.17) is 16.7 Å². The highest BCUT2D eigenvalue weighted by Gasteiger charge is 2.11. The maximum atomic E-state index is 11.8. The molecule has 2 rings (SSSR count). The Morgan fingerprint density at radius 1 is 1.45 bits per heavy atom. The smallest absolute Gasteiger partial charge is 0.358 e. The van der Waals surface area contributed by atoms with E-state index in [1.807, 2.05) is 0 Å². The molecule has 0 aliphatic carbocycles. The summed E-state index contributed by atoms with van der Waals surface area (Å²) < 4.78 is 1.15. The summed E-state index contributed by atoms with van der Waals surface area (Å²) >= 11 is 5.95. The first-order valence-corrected chi connectivity index (χ1v) is 6.03. The second kappa shape index (κ2) is 5.70. The van der Waals surface area contributed by atoms with Gasteiger partial charge in [0.15, 0.2) is 5.69 Å². The molecule has 0 atom stereocenters. The second-order valence-electron chi connectivity index (χ2n) is 4.07. The van der Waals surface area contributed by atoms with E-state index >= 15 is 0 Å². The first kappa shape index (κ1) is 14.0. The van der Waals surface area contributed by atoms with Crippen molar-refractivity contribution in [3.8, 4) is 0 Å². The van der Waals surface area contributed by atoms with Crippen molar-refractivity contribution < 1.29 is 14.7 Å². The number of halogens is 1. The van der Waals surface area contributed by atoms with Crippen LogP contribution in [0.1, 0.15) is 16.1 Å². The average molecular weight is 295 g/mol. The molecular weight excluding hydrogens is 284 g/mol. The Labute approximate surface area is 119 Å². The van der Waals surface area contributed by atoms with Gasteiger partial charge >= 0.3 is 5.97 Å². The molecule has 7 nitrogen and oxygen atoms in total. The number of anilines is 1. The highest BCUT2D eigenvalue weighted by Crippen LogP contribution is 2.22. The van der Waals surface area contributed by atoms with Crippen molar-refractivity contribution in [2.45, 2.75) is 13.5 Å². The molecule has 0 fully saturated rings. The van der Waals surface area contributed by atoms with Crippen molar-refractivity contribution in [1.82, 2.24) is 15.0 Å². The van der Waals surface area contributed by atoms with Gasteiger partial charge < -0.3 is 10.4 Å². The average Bonchev–Trinajstić information content (AvgIpc) is 2.83.